The van der Waals surface area contributed by atoms with E-state index in [-0.39, 0.29) is 0 Å². The molecule has 0 aliphatic rings. The predicted molar refractivity (Wildman–Crippen MR) is 50.3 cm³/mol. The highest BCUT2D eigenvalue weighted by Crippen LogP contribution is 2.16. The molecule has 0 amide bonds. The van der Waals surface area contributed by atoms with E-state index in [0.717, 1.165) is 4.90 Å². The van der Waals surface area contributed by atoms with Gasteiger partial charge in [0.15, 0.2) is 16.9 Å². The molecular weight excluding hydrogens is 156 g/mol. The average molecular weight is 169 g/mol. The lowest BCUT2D eigenvalue weighted by Gasteiger charge is -2.00. The molecule has 0 radical (unpaired) electrons. The SMILES string of the molecule is Cc1cc(C)c([SH+]O)c(C)c1. The quantitative estimate of drug-likeness (QED) is 0.505. The maximum atomic E-state index is 8.96. The summed E-state index contributed by atoms with van der Waals surface area (Å²) in [4.78, 5) is 1.04. The molecule has 0 atom stereocenters. The van der Waals surface area contributed by atoms with Crippen molar-refractivity contribution in [1.82, 2.24) is 0 Å². The van der Waals surface area contributed by atoms with Crippen LogP contribution in [-0.2, 0) is 12.0 Å². The first-order chi connectivity index (χ1) is 5.15. The first kappa shape index (κ1) is 8.62. The molecule has 1 N–H and O–H groups in total. The fourth-order valence-electron chi connectivity index (χ4n) is 1.33. The van der Waals surface area contributed by atoms with Crippen molar-refractivity contribution in [3.05, 3.63) is 28.8 Å². The van der Waals surface area contributed by atoms with E-state index in [9.17, 15) is 0 Å². The van der Waals surface area contributed by atoms with E-state index in [1.165, 1.54) is 16.7 Å². The third kappa shape index (κ3) is 1.76. The van der Waals surface area contributed by atoms with Crippen molar-refractivity contribution in [1.29, 1.82) is 0 Å². The molecular formula is C9H13OS+. The first-order valence-electron chi connectivity index (χ1n) is 3.58. The molecule has 0 spiro atoms. The van der Waals surface area contributed by atoms with E-state index in [0.29, 0.717) is 12.0 Å². The number of hydrogen-bond acceptors (Lipinski definition) is 1. The highest BCUT2D eigenvalue weighted by atomic mass is 32.2. The summed E-state index contributed by atoms with van der Waals surface area (Å²) in [5.74, 6) is 0. The average Bonchev–Trinajstić information content (AvgIpc) is 1.85. The van der Waals surface area contributed by atoms with Crippen LogP contribution < -0.4 is 0 Å². The second kappa shape index (κ2) is 3.28. The lowest BCUT2D eigenvalue weighted by atomic mass is 10.1. The summed E-state index contributed by atoms with van der Waals surface area (Å²) in [6.45, 7) is 6.12. The van der Waals surface area contributed by atoms with Crippen LogP contribution in [0.4, 0.5) is 0 Å². The van der Waals surface area contributed by atoms with Crippen LogP contribution in [0.15, 0.2) is 17.0 Å². The Morgan fingerprint density at radius 2 is 1.55 bits per heavy atom. The summed E-state index contributed by atoms with van der Waals surface area (Å²) >= 11 is 0.377. The summed E-state index contributed by atoms with van der Waals surface area (Å²) in [6.07, 6.45) is 0. The van der Waals surface area contributed by atoms with Gasteiger partial charge in [-0.05, 0) is 20.8 Å². The van der Waals surface area contributed by atoms with E-state index < -0.39 is 0 Å². The zero-order chi connectivity index (χ0) is 8.43. The molecule has 0 heterocycles. The van der Waals surface area contributed by atoms with Crippen molar-refractivity contribution in [3.8, 4) is 0 Å². The molecule has 0 bridgehead atoms. The van der Waals surface area contributed by atoms with Gasteiger partial charge in [-0.2, -0.15) is 4.55 Å². The number of thiol groups is 1. The van der Waals surface area contributed by atoms with Crippen LogP contribution in [-0.4, -0.2) is 4.55 Å². The summed E-state index contributed by atoms with van der Waals surface area (Å²) < 4.78 is 8.96. The topological polar surface area (TPSA) is 20.2 Å². The standard InChI is InChI=1S/C9H12OS/c1-6-4-7(2)9(11-10)8(3)5-6/h4-5,10H,1-3H3/p+1. The third-order valence-corrected chi connectivity index (χ3v) is 2.64. The molecule has 1 nitrogen and oxygen atoms in total. The summed E-state index contributed by atoms with van der Waals surface area (Å²) in [5.41, 5.74) is 3.60. The predicted octanol–water partition coefficient (Wildman–Crippen LogP) is 2.26. The second-order valence-electron chi connectivity index (χ2n) is 2.85. The van der Waals surface area contributed by atoms with Crippen LogP contribution in [0.1, 0.15) is 16.7 Å². The highest BCUT2D eigenvalue weighted by molar-refractivity contribution is 7.72. The Morgan fingerprint density at radius 1 is 1.09 bits per heavy atom. The van der Waals surface area contributed by atoms with Gasteiger partial charge in [0.1, 0.15) is 0 Å². The molecule has 60 valence electrons. The molecule has 11 heavy (non-hydrogen) atoms. The van der Waals surface area contributed by atoms with Gasteiger partial charge in [0.25, 0.3) is 0 Å². The van der Waals surface area contributed by atoms with Gasteiger partial charge in [-0.1, -0.05) is 17.7 Å². The summed E-state index contributed by atoms with van der Waals surface area (Å²) in [6, 6.07) is 4.18. The Balaban J connectivity index is 3.25. The van der Waals surface area contributed by atoms with Crippen LogP contribution in [0.25, 0.3) is 0 Å². The lowest BCUT2D eigenvalue weighted by Crippen LogP contribution is -1.91. The van der Waals surface area contributed by atoms with Gasteiger partial charge in [-0.25, -0.2) is 0 Å². The molecule has 0 fully saturated rings. The Labute approximate surface area is 71.7 Å². The number of aryl methyl sites for hydroxylation is 3. The molecule has 0 unspecified atom stereocenters. The Morgan fingerprint density at radius 3 is 1.91 bits per heavy atom. The molecule has 1 aromatic rings. The highest BCUT2D eigenvalue weighted by Gasteiger charge is 2.09. The van der Waals surface area contributed by atoms with Crippen molar-refractivity contribution < 1.29 is 4.55 Å². The Kier molecular flexibility index (Phi) is 2.58. The van der Waals surface area contributed by atoms with Gasteiger partial charge >= 0.3 is 0 Å². The Bertz CT molecular complexity index is 245. The maximum Gasteiger partial charge on any atom is 0.193 e. The van der Waals surface area contributed by atoms with Crippen LogP contribution in [0, 0.1) is 20.8 Å². The summed E-state index contributed by atoms with van der Waals surface area (Å²) in [7, 11) is 0. The smallest absolute Gasteiger partial charge is 0.184 e. The van der Waals surface area contributed by atoms with E-state index >= 15 is 0 Å². The zero-order valence-electron chi connectivity index (χ0n) is 7.05. The van der Waals surface area contributed by atoms with Gasteiger partial charge in [0.05, 0.1) is 0 Å². The van der Waals surface area contributed by atoms with Crippen molar-refractivity contribution >= 4 is 12.0 Å². The van der Waals surface area contributed by atoms with Crippen LogP contribution in [0.3, 0.4) is 0 Å². The molecule has 1 rings (SSSR count). The Hall–Kier alpha value is -0.470. The normalized spacial score (nSPS) is 10.2. The first-order valence-corrected chi connectivity index (χ1v) is 4.43. The van der Waals surface area contributed by atoms with Crippen LogP contribution >= 0.6 is 0 Å². The molecule has 0 saturated carbocycles. The molecule has 0 aromatic heterocycles. The van der Waals surface area contributed by atoms with Gasteiger partial charge in [-0.15, -0.1) is 0 Å². The summed E-state index contributed by atoms with van der Waals surface area (Å²) in [5, 5.41) is 0. The van der Waals surface area contributed by atoms with Crippen LogP contribution in [0.5, 0.6) is 0 Å². The minimum Gasteiger partial charge on any atom is -0.184 e. The number of benzene rings is 1. The van der Waals surface area contributed by atoms with Gasteiger partial charge in [0, 0.05) is 11.1 Å². The monoisotopic (exact) mass is 169 g/mol. The van der Waals surface area contributed by atoms with Gasteiger partial charge in [0.2, 0.25) is 0 Å². The fraction of sp³-hybridized carbons (Fsp3) is 0.333. The third-order valence-electron chi connectivity index (χ3n) is 1.74. The van der Waals surface area contributed by atoms with Crippen LogP contribution in [0.2, 0.25) is 0 Å². The van der Waals surface area contributed by atoms with Crippen molar-refractivity contribution in [2.45, 2.75) is 25.7 Å². The molecule has 0 aliphatic carbocycles. The maximum absolute atomic E-state index is 8.96. The number of hydrogen-bond donors (Lipinski definition) is 1. The van der Waals surface area contributed by atoms with E-state index in [1.54, 1.807) is 0 Å². The molecule has 0 aliphatic heterocycles. The van der Waals surface area contributed by atoms with E-state index in [2.05, 4.69) is 19.1 Å². The molecule has 0 saturated heterocycles. The lowest BCUT2D eigenvalue weighted by molar-refractivity contribution is 0.656. The van der Waals surface area contributed by atoms with Crippen molar-refractivity contribution in [2.24, 2.45) is 0 Å². The zero-order valence-corrected chi connectivity index (χ0v) is 7.94. The van der Waals surface area contributed by atoms with Gasteiger partial charge < -0.3 is 0 Å². The van der Waals surface area contributed by atoms with E-state index in [1.807, 2.05) is 13.8 Å². The largest absolute Gasteiger partial charge is 0.193 e. The molecule has 1 aromatic carbocycles. The van der Waals surface area contributed by atoms with Gasteiger partial charge in [-0.3, -0.25) is 0 Å². The second-order valence-corrected chi connectivity index (χ2v) is 3.49. The minimum atomic E-state index is 0.377. The minimum absolute atomic E-state index is 0.377. The van der Waals surface area contributed by atoms with E-state index in [4.69, 9.17) is 4.55 Å². The van der Waals surface area contributed by atoms with Crippen molar-refractivity contribution in [3.63, 3.8) is 0 Å². The number of rotatable bonds is 1. The van der Waals surface area contributed by atoms with Crippen molar-refractivity contribution in [2.75, 3.05) is 0 Å². The fourth-order valence-corrected chi connectivity index (χ4v) is 1.77. The molecule has 2 heteroatoms.